The summed E-state index contributed by atoms with van der Waals surface area (Å²) in [7, 11) is 0. The number of hydrogen-bond donors (Lipinski definition) is 2. The molecule has 2 aromatic rings. The second-order valence-electron chi connectivity index (χ2n) is 9.18. The molecule has 4 rings (SSSR count). The number of hydrogen-bond acceptors (Lipinski definition) is 5. The van der Waals surface area contributed by atoms with E-state index in [2.05, 4.69) is 29.6 Å². The average molecular weight is 483 g/mol. The van der Waals surface area contributed by atoms with Crippen LogP contribution < -0.4 is 5.32 Å². The lowest BCUT2D eigenvalue weighted by Gasteiger charge is -2.25. The minimum Gasteiger partial charge on any atom is -0.481 e. The lowest BCUT2D eigenvalue weighted by Crippen LogP contribution is -2.49. The van der Waals surface area contributed by atoms with E-state index in [0.717, 1.165) is 22.3 Å². The number of nitrogens with one attached hydrogen (secondary N) is 1. The van der Waals surface area contributed by atoms with E-state index in [0.29, 0.717) is 25.1 Å². The highest BCUT2D eigenvalue weighted by Gasteiger charge is 2.43. The summed E-state index contributed by atoms with van der Waals surface area (Å²) in [6.07, 6.45) is 2.15. The number of rotatable bonds is 8. The summed E-state index contributed by atoms with van der Waals surface area (Å²) in [5, 5.41) is 12.2. The Morgan fingerprint density at radius 1 is 1.15 bits per heavy atom. The van der Waals surface area contributed by atoms with Gasteiger partial charge >= 0.3 is 12.1 Å². The molecule has 0 aromatic heterocycles. The molecule has 8 heteroatoms. The van der Waals surface area contributed by atoms with Crippen molar-refractivity contribution in [2.45, 2.75) is 31.7 Å². The largest absolute Gasteiger partial charge is 0.481 e. The van der Waals surface area contributed by atoms with Gasteiger partial charge in [-0.2, -0.15) is 11.8 Å². The molecule has 1 heterocycles. The van der Waals surface area contributed by atoms with Crippen LogP contribution in [0.3, 0.4) is 0 Å². The van der Waals surface area contributed by atoms with E-state index in [1.54, 1.807) is 23.6 Å². The summed E-state index contributed by atoms with van der Waals surface area (Å²) >= 11 is 1.58. The Hall–Kier alpha value is -3.00. The van der Waals surface area contributed by atoms with Crippen molar-refractivity contribution in [2.24, 2.45) is 5.41 Å². The summed E-state index contributed by atoms with van der Waals surface area (Å²) < 4.78 is 5.62. The Morgan fingerprint density at radius 3 is 2.32 bits per heavy atom. The Balaban J connectivity index is 1.41. The minimum atomic E-state index is -0.955. The third-order valence-corrected chi connectivity index (χ3v) is 7.49. The number of carboxylic acids is 1. The van der Waals surface area contributed by atoms with Crippen LogP contribution >= 0.6 is 11.8 Å². The van der Waals surface area contributed by atoms with Crippen molar-refractivity contribution in [1.29, 1.82) is 0 Å². The number of thioether (sulfide) groups is 1. The second kappa shape index (κ2) is 10.1. The molecule has 1 fully saturated rings. The highest BCUT2D eigenvalue weighted by molar-refractivity contribution is 7.98. The van der Waals surface area contributed by atoms with Crippen LogP contribution in [-0.2, 0) is 14.3 Å². The number of ether oxygens (including phenoxy) is 1. The molecule has 34 heavy (non-hydrogen) atoms. The molecule has 1 saturated heterocycles. The van der Waals surface area contributed by atoms with Gasteiger partial charge in [-0.15, -0.1) is 0 Å². The smallest absolute Gasteiger partial charge is 0.407 e. The van der Waals surface area contributed by atoms with Crippen LogP contribution in [-0.4, -0.2) is 65.7 Å². The van der Waals surface area contributed by atoms with Gasteiger partial charge in [0.2, 0.25) is 5.91 Å². The summed E-state index contributed by atoms with van der Waals surface area (Å²) in [6, 6.07) is 15.5. The first kappa shape index (κ1) is 24.1. The molecule has 1 unspecified atom stereocenters. The van der Waals surface area contributed by atoms with E-state index in [1.807, 2.05) is 30.5 Å². The molecule has 0 spiro atoms. The first-order chi connectivity index (χ1) is 16.3. The van der Waals surface area contributed by atoms with Gasteiger partial charge in [-0.1, -0.05) is 48.5 Å². The Morgan fingerprint density at radius 2 is 1.76 bits per heavy atom. The lowest BCUT2D eigenvalue weighted by molar-refractivity contribution is -0.147. The Bertz CT molecular complexity index is 1040. The van der Waals surface area contributed by atoms with E-state index in [9.17, 15) is 19.5 Å². The van der Waals surface area contributed by atoms with Crippen LogP contribution in [0.15, 0.2) is 48.5 Å². The van der Waals surface area contributed by atoms with Crippen molar-refractivity contribution >= 4 is 29.7 Å². The fourth-order valence-corrected chi connectivity index (χ4v) is 5.29. The fraction of sp³-hybridized carbons (Fsp3) is 0.423. The zero-order valence-electron chi connectivity index (χ0n) is 19.5. The van der Waals surface area contributed by atoms with Crippen molar-refractivity contribution in [3.05, 3.63) is 59.7 Å². The molecule has 1 aliphatic heterocycles. The van der Waals surface area contributed by atoms with Crippen LogP contribution in [0.1, 0.15) is 36.8 Å². The SMILES string of the molecule is CSCC[C@@H](NC(=O)OCC1c2ccccc2-c2ccccc21)C(=O)N1CCC(C)(C(=O)O)C1. The molecule has 2 aliphatic rings. The number of carboxylic acid groups (broad SMARTS) is 1. The maximum absolute atomic E-state index is 13.1. The van der Waals surface area contributed by atoms with E-state index in [1.165, 1.54) is 0 Å². The third kappa shape index (κ3) is 4.78. The van der Waals surface area contributed by atoms with Gasteiger partial charge in [0.1, 0.15) is 12.6 Å². The van der Waals surface area contributed by atoms with Crippen LogP contribution in [0, 0.1) is 5.41 Å². The topological polar surface area (TPSA) is 95.9 Å². The number of fused-ring (bicyclic) bond motifs is 3. The van der Waals surface area contributed by atoms with Crippen molar-refractivity contribution in [2.75, 3.05) is 31.7 Å². The first-order valence-corrected chi connectivity index (χ1v) is 12.9. The zero-order chi connectivity index (χ0) is 24.3. The normalized spacial score (nSPS) is 19.9. The molecular weight excluding hydrogens is 452 g/mol. The number of benzene rings is 2. The second-order valence-corrected chi connectivity index (χ2v) is 10.2. The van der Waals surface area contributed by atoms with Crippen molar-refractivity contribution < 1.29 is 24.2 Å². The predicted molar refractivity (Wildman–Crippen MR) is 132 cm³/mol. The van der Waals surface area contributed by atoms with Gasteiger partial charge < -0.3 is 20.1 Å². The Kier molecular flexibility index (Phi) is 7.16. The fourth-order valence-electron chi connectivity index (χ4n) is 4.82. The number of amides is 2. The molecule has 1 aliphatic carbocycles. The standard InChI is InChI=1S/C26H30N2O5S/c1-26(24(30)31)12-13-28(16-26)23(29)22(11-14-34-2)27-25(32)33-15-21-19-9-5-3-7-17(19)18-8-4-6-10-20(18)21/h3-10,21-22H,11-16H2,1-2H3,(H,27,32)(H,30,31)/t22-,26?/m1/s1. The number of alkyl carbamates (subject to hydrolysis) is 1. The highest BCUT2D eigenvalue weighted by atomic mass is 32.2. The Labute approximate surface area is 203 Å². The van der Waals surface area contributed by atoms with E-state index >= 15 is 0 Å². The molecule has 0 radical (unpaired) electrons. The molecule has 0 bridgehead atoms. The summed E-state index contributed by atoms with van der Waals surface area (Å²) in [4.78, 5) is 39.0. The average Bonchev–Trinajstić information content (AvgIpc) is 3.39. The van der Waals surface area contributed by atoms with Gasteiger partial charge in [0.05, 0.1) is 5.41 Å². The zero-order valence-corrected chi connectivity index (χ0v) is 20.3. The molecule has 7 nitrogen and oxygen atoms in total. The van der Waals surface area contributed by atoms with Crippen molar-refractivity contribution in [1.82, 2.24) is 10.2 Å². The first-order valence-electron chi connectivity index (χ1n) is 11.5. The van der Waals surface area contributed by atoms with Crippen LogP contribution in [0.25, 0.3) is 11.1 Å². The number of likely N-dealkylation sites (tertiary alicyclic amines) is 1. The van der Waals surface area contributed by atoms with Crippen LogP contribution in [0.4, 0.5) is 4.79 Å². The summed E-state index contributed by atoms with van der Waals surface area (Å²) in [5.41, 5.74) is 3.59. The molecule has 2 aromatic carbocycles. The lowest BCUT2D eigenvalue weighted by atomic mass is 9.90. The molecule has 2 atom stereocenters. The minimum absolute atomic E-state index is 0.0617. The monoisotopic (exact) mass is 482 g/mol. The van der Waals surface area contributed by atoms with Gasteiger partial charge in [-0.05, 0) is 54.0 Å². The number of carbonyl (C=O) groups is 3. The van der Waals surface area contributed by atoms with Gasteiger partial charge in [0.25, 0.3) is 0 Å². The predicted octanol–water partition coefficient (Wildman–Crippen LogP) is 3.97. The number of aliphatic carboxylic acids is 1. The molecule has 180 valence electrons. The quantitative estimate of drug-likeness (QED) is 0.591. The van der Waals surface area contributed by atoms with Crippen LogP contribution in [0.5, 0.6) is 0 Å². The third-order valence-electron chi connectivity index (χ3n) is 6.85. The van der Waals surface area contributed by atoms with E-state index in [-0.39, 0.29) is 25.0 Å². The molecule has 0 saturated carbocycles. The summed E-state index contributed by atoms with van der Waals surface area (Å²) in [5.74, 6) is -0.543. The van der Waals surface area contributed by atoms with Gasteiger partial charge in [0, 0.05) is 19.0 Å². The number of carbonyl (C=O) groups excluding carboxylic acids is 2. The molecule has 2 amide bonds. The van der Waals surface area contributed by atoms with E-state index < -0.39 is 23.5 Å². The van der Waals surface area contributed by atoms with Gasteiger partial charge in [-0.25, -0.2) is 4.79 Å². The number of nitrogens with zero attached hydrogens (tertiary/aromatic N) is 1. The van der Waals surface area contributed by atoms with Gasteiger partial charge in [-0.3, -0.25) is 9.59 Å². The van der Waals surface area contributed by atoms with E-state index in [4.69, 9.17) is 4.74 Å². The van der Waals surface area contributed by atoms with Crippen molar-refractivity contribution in [3.8, 4) is 11.1 Å². The molecular formula is C26H30N2O5S. The van der Waals surface area contributed by atoms with Crippen molar-refractivity contribution in [3.63, 3.8) is 0 Å². The summed E-state index contributed by atoms with van der Waals surface area (Å²) in [6.45, 7) is 2.33. The highest BCUT2D eigenvalue weighted by Crippen LogP contribution is 2.44. The maximum Gasteiger partial charge on any atom is 0.407 e. The molecule has 2 N–H and O–H groups in total. The van der Waals surface area contributed by atoms with Crippen LogP contribution in [0.2, 0.25) is 0 Å². The van der Waals surface area contributed by atoms with Gasteiger partial charge in [0.15, 0.2) is 0 Å². The maximum atomic E-state index is 13.1.